The molecule has 3 heteroatoms. The van der Waals surface area contributed by atoms with Gasteiger partial charge in [0.15, 0.2) is 0 Å². The van der Waals surface area contributed by atoms with Crippen molar-refractivity contribution in [1.29, 1.82) is 0 Å². The Morgan fingerprint density at radius 3 is 2.93 bits per heavy atom. The van der Waals surface area contributed by atoms with E-state index >= 15 is 0 Å². The molecule has 1 aromatic carbocycles. The average molecular weight is 215 g/mol. The average Bonchev–Trinajstić information content (AvgIpc) is 2.18. The Morgan fingerprint density at radius 2 is 2.29 bits per heavy atom. The first-order valence-corrected chi connectivity index (χ1v) is 4.77. The number of aliphatic hydroxyl groups excluding tert-OH is 1. The molecule has 1 atom stereocenters. The van der Waals surface area contributed by atoms with Crippen LogP contribution in [0, 0.1) is 5.82 Å². The van der Waals surface area contributed by atoms with Crippen LogP contribution in [0.3, 0.4) is 0 Å². The fourth-order valence-electron chi connectivity index (χ4n) is 1.21. The minimum absolute atomic E-state index is 0.0418. The number of rotatable bonds is 4. The smallest absolute Gasteiger partial charge is 0.147 e. The maximum Gasteiger partial charge on any atom is 0.147 e. The maximum atomic E-state index is 13.4. The van der Waals surface area contributed by atoms with E-state index in [9.17, 15) is 9.50 Å². The van der Waals surface area contributed by atoms with Gasteiger partial charge >= 0.3 is 0 Å². The van der Waals surface area contributed by atoms with Crippen molar-refractivity contribution in [3.8, 4) is 0 Å². The van der Waals surface area contributed by atoms with Gasteiger partial charge in [-0.05, 0) is 18.9 Å². The molecule has 0 saturated carbocycles. The van der Waals surface area contributed by atoms with Gasteiger partial charge < -0.3 is 5.11 Å². The van der Waals surface area contributed by atoms with Gasteiger partial charge in [0, 0.05) is 5.56 Å². The highest BCUT2D eigenvalue weighted by atomic mass is 35.5. The van der Waals surface area contributed by atoms with Crippen molar-refractivity contribution in [3.05, 3.63) is 47.3 Å². The van der Waals surface area contributed by atoms with Gasteiger partial charge in [0.25, 0.3) is 0 Å². The van der Waals surface area contributed by atoms with Gasteiger partial charge in [-0.2, -0.15) is 0 Å². The van der Waals surface area contributed by atoms with Crippen molar-refractivity contribution < 1.29 is 9.50 Å². The monoisotopic (exact) mass is 214 g/mol. The predicted octanol–water partition coefficient (Wildman–Crippen LogP) is 3.48. The Morgan fingerprint density at radius 1 is 1.57 bits per heavy atom. The second-order valence-corrected chi connectivity index (χ2v) is 3.43. The van der Waals surface area contributed by atoms with E-state index in [4.69, 9.17) is 11.6 Å². The third-order valence-corrected chi connectivity index (χ3v) is 2.28. The quantitative estimate of drug-likeness (QED) is 0.761. The molecular formula is C11H12ClFO. The highest BCUT2D eigenvalue weighted by Crippen LogP contribution is 2.25. The minimum atomic E-state index is -0.813. The summed E-state index contributed by atoms with van der Waals surface area (Å²) in [6, 6.07) is 4.62. The normalized spacial score (nSPS) is 12.5. The molecule has 0 bridgehead atoms. The Bertz CT molecular complexity index is 325. The fraction of sp³-hybridized carbons (Fsp3) is 0.273. The van der Waals surface area contributed by atoms with E-state index in [2.05, 4.69) is 6.58 Å². The zero-order valence-corrected chi connectivity index (χ0v) is 8.47. The van der Waals surface area contributed by atoms with Gasteiger partial charge in [-0.15, -0.1) is 6.58 Å². The van der Waals surface area contributed by atoms with Crippen molar-refractivity contribution in [2.75, 3.05) is 0 Å². The van der Waals surface area contributed by atoms with Crippen molar-refractivity contribution in [2.24, 2.45) is 0 Å². The van der Waals surface area contributed by atoms with Crippen LogP contribution in [0.15, 0.2) is 30.9 Å². The third-order valence-electron chi connectivity index (χ3n) is 1.98. The van der Waals surface area contributed by atoms with Crippen LogP contribution < -0.4 is 0 Å². The molecule has 0 heterocycles. The van der Waals surface area contributed by atoms with Gasteiger partial charge in [-0.1, -0.05) is 29.8 Å². The van der Waals surface area contributed by atoms with Crippen LogP contribution >= 0.6 is 11.6 Å². The van der Waals surface area contributed by atoms with Crippen molar-refractivity contribution >= 4 is 11.6 Å². The molecule has 0 spiro atoms. The molecule has 0 fully saturated rings. The Balaban J connectivity index is 2.83. The Kier molecular flexibility index (Phi) is 4.11. The highest BCUT2D eigenvalue weighted by Gasteiger charge is 2.13. The van der Waals surface area contributed by atoms with E-state index in [-0.39, 0.29) is 10.6 Å². The van der Waals surface area contributed by atoms with Gasteiger partial charge in [0.1, 0.15) is 5.82 Å². The van der Waals surface area contributed by atoms with Gasteiger partial charge in [0.05, 0.1) is 11.1 Å². The number of halogens is 2. The van der Waals surface area contributed by atoms with Crippen LogP contribution in [0.1, 0.15) is 24.5 Å². The lowest BCUT2D eigenvalue weighted by Crippen LogP contribution is -2.00. The van der Waals surface area contributed by atoms with Crippen molar-refractivity contribution in [2.45, 2.75) is 18.9 Å². The summed E-state index contributed by atoms with van der Waals surface area (Å²) in [5.41, 5.74) is 0.249. The SMILES string of the molecule is C=CCCC(O)c1cccc(Cl)c1F. The lowest BCUT2D eigenvalue weighted by molar-refractivity contribution is 0.164. The fourth-order valence-corrected chi connectivity index (χ4v) is 1.39. The second kappa shape index (κ2) is 5.13. The molecule has 0 aliphatic heterocycles. The molecule has 0 aliphatic rings. The number of allylic oxidation sites excluding steroid dienone is 1. The molecular weight excluding hydrogens is 203 g/mol. The highest BCUT2D eigenvalue weighted by molar-refractivity contribution is 6.30. The molecule has 0 amide bonds. The number of hydrogen-bond donors (Lipinski definition) is 1. The second-order valence-electron chi connectivity index (χ2n) is 3.02. The molecule has 1 nitrogen and oxygen atoms in total. The molecule has 1 aromatic rings. The maximum absolute atomic E-state index is 13.4. The number of benzene rings is 1. The first-order chi connectivity index (χ1) is 6.66. The van der Waals surface area contributed by atoms with E-state index in [1.165, 1.54) is 12.1 Å². The standard InChI is InChI=1S/C11H12ClFO/c1-2-3-7-10(14)8-5-4-6-9(12)11(8)13/h2,4-6,10,14H,1,3,7H2. The van der Waals surface area contributed by atoms with E-state index < -0.39 is 11.9 Å². The topological polar surface area (TPSA) is 20.2 Å². The summed E-state index contributed by atoms with van der Waals surface area (Å²) >= 11 is 5.59. The summed E-state index contributed by atoms with van der Waals surface area (Å²) in [5.74, 6) is -0.536. The zero-order valence-electron chi connectivity index (χ0n) is 7.71. The van der Waals surface area contributed by atoms with E-state index in [1.54, 1.807) is 12.1 Å². The van der Waals surface area contributed by atoms with E-state index in [0.29, 0.717) is 12.8 Å². The number of hydrogen-bond acceptors (Lipinski definition) is 1. The van der Waals surface area contributed by atoms with E-state index in [0.717, 1.165) is 0 Å². The Hall–Kier alpha value is -0.860. The third kappa shape index (κ3) is 2.56. The molecule has 0 aliphatic carbocycles. The zero-order chi connectivity index (χ0) is 10.6. The molecule has 76 valence electrons. The predicted molar refractivity (Wildman–Crippen MR) is 55.8 cm³/mol. The lowest BCUT2D eigenvalue weighted by atomic mass is 10.0. The van der Waals surface area contributed by atoms with Crippen LogP contribution in [0.2, 0.25) is 5.02 Å². The largest absolute Gasteiger partial charge is 0.388 e. The van der Waals surface area contributed by atoms with Crippen LogP contribution in [-0.4, -0.2) is 5.11 Å². The van der Waals surface area contributed by atoms with Crippen LogP contribution in [0.5, 0.6) is 0 Å². The summed E-state index contributed by atoms with van der Waals surface area (Å²) in [7, 11) is 0. The van der Waals surface area contributed by atoms with Gasteiger partial charge in [-0.25, -0.2) is 4.39 Å². The van der Waals surface area contributed by atoms with Gasteiger partial charge in [-0.3, -0.25) is 0 Å². The minimum Gasteiger partial charge on any atom is -0.388 e. The molecule has 0 saturated heterocycles. The molecule has 1 unspecified atom stereocenters. The van der Waals surface area contributed by atoms with Gasteiger partial charge in [0.2, 0.25) is 0 Å². The summed E-state index contributed by atoms with van der Waals surface area (Å²) in [6.45, 7) is 3.54. The summed E-state index contributed by atoms with van der Waals surface area (Å²) in [5, 5.41) is 9.65. The van der Waals surface area contributed by atoms with Crippen molar-refractivity contribution in [3.63, 3.8) is 0 Å². The first kappa shape index (κ1) is 11.2. The molecule has 1 rings (SSSR count). The Labute approximate surface area is 87.8 Å². The molecule has 0 radical (unpaired) electrons. The van der Waals surface area contributed by atoms with E-state index in [1.807, 2.05) is 0 Å². The van der Waals surface area contributed by atoms with Crippen molar-refractivity contribution in [1.82, 2.24) is 0 Å². The first-order valence-electron chi connectivity index (χ1n) is 4.39. The lowest BCUT2D eigenvalue weighted by Gasteiger charge is -2.11. The summed E-state index contributed by atoms with van der Waals surface area (Å²) in [6.07, 6.45) is 1.98. The molecule has 14 heavy (non-hydrogen) atoms. The van der Waals surface area contributed by atoms with Crippen LogP contribution in [0.25, 0.3) is 0 Å². The molecule has 1 N–H and O–H groups in total. The summed E-state index contributed by atoms with van der Waals surface area (Å²) in [4.78, 5) is 0. The number of aliphatic hydroxyl groups is 1. The van der Waals surface area contributed by atoms with Crippen LogP contribution in [0.4, 0.5) is 4.39 Å². The van der Waals surface area contributed by atoms with Crippen LogP contribution in [-0.2, 0) is 0 Å². The molecule has 0 aromatic heterocycles. The summed E-state index contributed by atoms with van der Waals surface area (Å²) < 4.78 is 13.4.